The minimum atomic E-state index is -0.964. The van der Waals surface area contributed by atoms with Crippen molar-refractivity contribution in [3.8, 4) is 0 Å². The lowest BCUT2D eigenvalue weighted by Crippen LogP contribution is -2.27. The van der Waals surface area contributed by atoms with Crippen molar-refractivity contribution >= 4 is 10.9 Å². The van der Waals surface area contributed by atoms with Gasteiger partial charge in [0.2, 0.25) is 0 Å². The van der Waals surface area contributed by atoms with E-state index in [0.29, 0.717) is 22.0 Å². The van der Waals surface area contributed by atoms with Gasteiger partial charge < -0.3 is 5.11 Å². The minimum Gasteiger partial charge on any atom is -0.386 e. The Bertz CT molecular complexity index is 892. The Morgan fingerprint density at radius 2 is 2.05 bits per heavy atom. The van der Waals surface area contributed by atoms with Crippen molar-refractivity contribution in [1.29, 1.82) is 0 Å². The van der Waals surface area contributed by atoms with Gasteiger partial charge >= 0.3 is 0 Å². The maximum atomic E-state index is 13.1. The van der Waals surface area contributed by atoms with Crippen LogP contribution in [0.5, 0.6) is 0 Å². The highest BCUT2D eigenvalue weighted by Gasteiger charge is 2.14. The SMILES string of the molecule is Cc1cc(F)ccc1C(O)Cn1nnc2ccccc2c1=O. The topological polar surface area (TPSA) is 68.0 Å². The number of hydrogen-bond acceptors (Lipinski definition) is 4. The molecule has 0 aliphatic heterocycles. The fourth-order valence-electron chi connectivity index (χ4n) is 2.42. The number of benzene rings is 2. The number of rotatable bonds is 3. The highest BCUT2D eigenvalue weighted by atomic mass is 19.1. The average molecular weight is 299 g/mol. The fraction of sp³-hybridized carbons (Fsp3) is 0.188. The molecule has 6 heteroatoms. The fourth-order valence-corrected chi connectivity index (χ4v) is 2.42. The number of aromatic nitrogens is 3. The summed E-state index contributed by atoms with van der Waals surface area (Å²) in [7, 11) is 0. The van der Waals surface area contributed by atoms with E-state index in [0.717, 1.165) is 4.68 Å². The van der Waals surface area contributed by atoms with Crippen LogP contribution in [0, 0.1) is 12.7 Å². The van der Waals surface area contributed by atoms with Gasteiger partial charge in [-0.3, -0.25) is 4.79 Å². The first-order valence-electron chi connectivity index (χ1n) is 6.83. The molecule has 0 radical (unpaired) electrons. The van der Waals surface area contributed by atoms with Crippen molar-refractivity contribution in [3.63, 3.8) is 0 Å². The van der Waals surface area contributed by atoms with Gasteiger partial charge in [0.1, 0.15) is 11.3 Å². The van der Waals surface area contributed by atoms with Crippen molar-refractivity contribution in [2.24, 2.45) is 0 Å². The Balaban J connectivity index is 1.96. The van der Waals surface area contributed by atoms with Crippen LogP contribution in [0.25, 0.3) is 10.9 Å². The largest absolute Gasteiger partial charge is 0.386 e. The quantitative estimate of drug-likeness (QED) is 0.803. The van der Waals surface area contributed by atoms with Crippen molar-refractivity contribution in [2.45, 2.75) is 19.6 Å². The molecule has 2 aromatic carbocycles. The zero-order valence-corrected chi connectivity index (χ0v) is 11.9. The minimum absolute atomic E-state index is 0.0386. The summed E-state index contributed by atoms with van der Waals surface area (Å²) in [6.45, 7) is 1.67. The molecular weight excluding hydrogens is 285 g/mol. The van der Waals surface area contributed by atoms with Gasteiger partial charge in [-0.15, -0.1) is 5.10 Å². The normalized spacial score (nSPS) is 12.5. The monoisotopic (exact) mass is 299 g/mol. The Kier molecular flexibility index (Phi) is 3.68. The first-order valence-corrected chi connectivity index (χ1v) is 6.83. The lowest BCUT2D eigenvalue weighted by atomic mass is 10.0. The first kappa shape index (κ1) is 14.3. The molecule has 1 atom stereocenters. The maximum absolute atomic E-state index is 13.1. The van der Waals surface area contributed by atoms with Crippen LogP contribution >= 0.6 is 0 Å². The zero-order valence-electron chi connectivity index (χ0n) is 11.9. The molecule has 1 N–H and O–H groups in total. The molecule has 0 bridgehead atoms. The molecule has 1 unspecified atom stereocenters. The third-order valence-corrected chi connectivity index (χ3v) is 3.57. The van der Waals surface area contributed by atoms with Crippen LogP contribution in [-0.4, -0.2) is 20.1 Å². The van der Waals surface area contributed by atoms with Crippen molar-refractivity contribution < 1.29 is 9.50 Å². The van der Waals surface area contributed by atoms with Crippen LogP contribution in [0.3, 0.4) is 0 Å². The Morgan fingerprint density at radius 1 is 1.27 bits per heavy atom. The summed E-state index contributed by atoms with van der Waals surface area (Å²) in [6.07, 6.45) is -0.964. The van der Waals surface area contributed by atoms with Crippen LogP contribution in [0.2, 0.25) is 0 Å². The van der Waals surface area contributed by atoms with Crippen molar-refractivity contribution in [1.82, 2.24) is 15.0 Å². The standard InChI is InChI=1S/C16H14FN3O2/c1-10-8-11(17)6-7-12(10)15(21)9-20-16(22)13-4-2-3-5-14(13)18-19-20/h2-8,15,21H,9H2,1H3. The molecule has 0 aliphatic rings. The van der Waals surface area contributed by atoms with E-state index >= 15 is 0 Å². The Labute approximate surface area is 125 Å². The van der Waals surface area contributed by atoms with Gasteiger partial charge in [-0.1, -0.05) is 23.4 Å². The number of halogens is 1. The summed E-state index contributed by atoms with van der Waals surface area (Å²) in [5, 5.41) is 18.5. The average Bonchev–Trinajstić information content (AvgIpc) is 2.50. The molecule has 112 valence electrons. The lowest BCUT2D eigenvalue weighted by Gasteiger charge is -2.14. The Morgan fingerprint density at radius 3 is 2.82 bits per heavy atom. The van der Waals surface area contributed by atoms with Gasteiger partial charge in [0.25, 0.3) is 5.56 Å². The number of aliphatic hydroxyl groups excluding tert-OH is 1. The van der Waals surface area contributed by atoms with Crippen LogP contribution in [0.15, 0.2) is 47.3 Å². The molecule has 1 heterocycles. The van der Waals surface area contributed by atoms with E-state index in [1.54, 1.807) is 31.2 Å². The molecule has 0 fully saturated rings. The van der Waals surface area contributed by atoms with Gasteiger partial charge in [-0.25, -0.2) is 9.07 Å². The van der Waals surface area contributed by atoms with Crippen LogP contribution in [0.1, 0.15) is 17.2 Å². The molecule has 3 aromatic rings. The third-order valence-electron chi connectivity index (χ3n) is 3.57. The van der Waals surface area contributed by atoms with Crippen LogP contribution < -0.4 is 5.56 Å². The maximum Gasteiger partial charge on any atom is 0.277 e. The molecule has 1 aromatic heterocycles. The Hall–Kier alpha value is -2.60. The summed E-state index contributed by atoms with van der Waals surface area (Å²) < 4.78 is 14.2. The molecular formula is C16H14FN3O2. The second-order valence-corrected chi connectivity index (χ2v) is 5.11. The van der Waals surface area contributed by atoms with Gasteiger partial charge in [-0.05, 0) is 42.3 Å². The van der Waals surface area contributed by atoms with Crippen LogP contribution in [0.4, 0.5) is 4.39 Å². The highest BCUT2D eigenvalue weighted by Crippen LogP contribution is 2.19. The molecule has 5 nitrogen and oxygen atoms in total. The number of nitrogens with zero attached hydrogens (tertiary/aromatic N) is 3. The number of aryl methyl sites for hydroxylation is 1. The van der Waals surface area contributed by atoms with Crippen molar-refractivity contribution in [2.75, 3.05) is 0 Å². The summed E-state index contributed by atoms with van der Waals surface area (Å²) >= 11 is 0. The van der Waals surface area contributed by atoms with Gasteiger partial charge in [0.05, 0.1) is 18.0 Å². The van der Waals surface area contributed by atoms with Crippen LogP contribution in [-0.2, 0) is 6.54 Å². The second-order valence-electron chi connectivity index (χ2n) is 5.11. The molecule has 0 spiro atoms. The van der Waals surface area contributed by atoms with E-state index in [2.05, 4.69) is 10.3 Å². The van der Waals surface area contributed by atoms with Gasteiger partial charge in [0, 0.05) is 0 Å². The predicted octanol–water partition coefficient (Wildman–Crippen LogP) is 1.97. The molecule has 22 heavy (non-hydrogen) atoms. The summed E-state index contributed by atoms with van der Waals surface area (Å²) in [5.74, 6) is -0.365. The van der Waals surface area contributed by atoms with E-state index in [1.165, 1.54) is 18.2 Å². The number of fused-ring (bicyclic) bond motifs is 1. The predicted molar refractivity (Wildman–Crippen MR) is 79.9 cm³/mol. The smallest absolute Gasteiger partial charge is 0.277 e. The van der Waals surface area contributed by atoms with Crippen molar-refractivity contribution in [3.05, 3.63) is 69.8 Å². The molecule has 0 saturated carbocycles. The summed E-state index contributed by atoms with van der Waals surface area (Å²) in [6, 6.07) is 11.0. The van der Waals surface area contributed by atoms with Gasteiger partial charge in [0.15, 0.2) is 0 Å². The van der Waals surface area contributed by atoms with E-state index in [-0.39, 0.29) is 17.9 Å². The van der Waals surface area contributed by atoms with Gasteiger partial charge in [-0.2, -0.15) is 0 Å². The van der Waals surface area contributed by atoms with E-state index in [9.17, 15) is 14.3 Å². The number of hydrogen-bond donors (Lipinski definition) is 1. The summed E-state index contributed by atoms with van der Waals surface area (Å²) in [5.41, 5.74) is 1.37. The van der Waals surface area contributed by atoms with E-state index in [1.807, 2.05) is 0 Å². The molecule has 3 rings (SSSR count). The highest BCUT2D eigenvalue weighted by molar-refractivity contribution is 5.76. The number of aliphatic hydroxyl groups is 1. The summed E-state index contributed by atoms with van der Waals surface area (Å²) in [4.78, 5) is 12.3. The molecule has 0 amide bonds. The third kappa shape index (κ3) is 2.60. The molecule has 0 saturated heterocycles. The zero-order chi connectivity index (χ0) is 15.7. The second kappa shape index (κ2) is 5.65. The molecule has 0 aliphatic carbocycles. The van der Waals surface area contributed by atoms with E-state index in [4.69, 9.17) is 0 Å². The lowest BCUT2D eigenvalue weighted by molar-refractivity contribution is 0.147. The first-order chi connectivity index (χ1) is 10.6. The van der Waals surface area contributed by atoms with E-state index < -0.39 is 6.10 Å².